The number of likely N-dealkylation sites (N-methyl/N-ethyl adjacent to an activating group) is 1. The maximum atomic E-state index is 12.0. The Bertz CT molecular complexity index is 336. The van der Waals surface area contributed by atoms with Crippen molar-refractivity contribution in [2.24, 2.45) is 7.05 Å². The average Bonchev–Trinajstić information content (AvgIpc) is 2.70. The Morgan fingerprint density at radius 3 is 2.75 bits per heavy atom. The van der Waals surface area contributed by atoms with E-state index >= 15 is 0 Å². The van der Waals surface area contributed by atoms with Crippen LogP contribution in [-0.4, -0.2) is 41.8 Å². The third-order valence-electron chi connectivity index (χ3n) is 2.35. The second-order valence-electron chi connectivity index (χ2n) is 3.55. The molecule has 0 N–H and O–H groups in total. The summed E-state index contributed by atoms with van der Waals surface area (Å²) < 4.78 is 8.67. The minimum Gasteiger partial charge on any atom is -0.380 e. The summed E-state index contributed by atoms with van der Waals surface area (Å²) in [6, 6.07) is -0.0113. The SMILES string of the molecule is CCOCCN(CC)C(=O)n1cc[n+](C)c1. The Morgan fingerprint density at radius 2 is 2.25 bits per heavy atom. The molecule has 0 spiro atoms. The van der Waals surface area contributed by atoms with E-state index in [1.165, 1.54) is 0 Å². The Kier molecular flexibility index (Phi) is 4.98. The van der Waals surface area contributed by atoms with Crippen LogP contribution in [0.2, 0.25) is 0 Å². The molecule has 0 fully saturated rings. The zero-order valence-electron chi connectivity index (χ0n) is 10.2. The highest BCUT2D eigenvalue weighted by molar-refractivity contribution is 5.76. The fraction of sp³-hybridized carbons (Fsp3) is 0.636. The van der Waals surface area contributed by atoms with Crippen molar-refractivity contribution in [2.75, 3.05) is 26.3 Å². The van der Waals surface area contributed by atoms with E-state index in [1.54, 1.807) is 22.0 Å². The summed E-state index contributed by atoms with van der Waals surface area (Å²) in [6.07, 6.45) is 5.35. The molecule has 0 atom stereocenters. The molecule has 0 aromatic carbocycles. The molecule has 0 aliphatic rings. The van der Waals surface area contributed by atoms with Crippen molar-refractivity contribution < 1.29 is 14.1 Å². The van der Waals surface area contributed by atoms with Crippen LogP contribution in [0.4, 0.5) is 4.79 Å². The first-order valence-electron chi connectivity index (χ1n) is 5.59. The Hall–Kier alpha value is -1.36. The van der Waals surface area contributed by atoms with Crippen LogP contribution in [-0.2, 0) is 11.8 Å². The lowest BCUT2D eigenvalue weighted by atomic mass is 10.5. The molecule has 1 aromatic heterocycles. The van der Waals surface area contributed by atoms with E-state index in [2.05, 4.69) is 0 Å². The summed E-state index contributed by atoms with van der Waals surface area (Å²) in [7, 11) is 1.89. The molecule has 0 unspecified atom stereocenters. The molecule has 1 heterocycles. The summed E-state index contributed by atoms with van der Waals surface area (Å²) in [5.74, 6) is 0. The molecule has 1 amide bonds. The monoisotopic (exact) mass is 226 g/mol. The van der Waals surface area contributed by atoms with Crippen molar-refractivity contribution in [3.8, 4) is 0 Å². The maximum Gasteiger partial charge on any atom is 0.415 e. The first kappa shape index (κ1) is 12.7. The van der Waals surface area contributed by atoms with Gasteiger partial charge in [0.1, 0.15) is 12.4 Å². The lowest BCUT2D eigenvalue weighted by Crippen LogP contribution is -2.37. The summed E-state index contributed by atoms with van der Waals surface area (Å²) in [6.45, 7) is 6.50. The molecule has 0 aliphatic heterocycles. The van der Waals surface area contributed by atoms with Gasteiger partial charge in [-0.15, -0.1) is 0 Å². The predicted octanol–water partition coefficient (Wildman–Crippen LogP) is 0.639. The average molecular weight is 226 g/mol. The first-order chi connectivity index (χ1) is 7.69. The zero-order chi connectivity index (χ0) is 12.0. The van der Waals surface area contributed by atoms with Crippen LogP contribution >= 0.6 is 0 Å². The highest BCUT2D eigenvalue weighted by atomic mass is 16.5. The van der Waals surface area contributed by atoms with Crippen LogP contribution in [0.1, 0.15) is 13.8 Å². The summed E-state index contributed by atoms with van der Waals surface area (Å²) >= 11 is 0. The van der Waals surface area contributed by atoms with Gasteiger partial charge in [0.05, 0.1) is 13.7 Å². The van der Waals surface area contributed by atoms with Crippen LogP contribution in [0.3, 0.4) is 0 Å². The topological polar surface area (TPSA) is 38.4 Å². The third kappa shape index (κ3) is 3.34. The number of hydrogen-bond acceptors (Lipinski definition) is 2. The summed E-state index contributed by atoms with van der Waals surface area (Å²) in [5.41, 5.74) is 0. The highest BCUT2D eigenvalue weighted by Crippen LogP contribution is 1.95. The van der Waals surface area contributed by atoms with E-state index in [0.29, 0.717) is 26.3 Å². The zero-order valence-corrected chi connectivity index (χ0v) is 10.2. The molecular formula is C11H20N3O2+. The Morgan fingerprint density at radius 1 is 1.50 bits per heavy atom. The van der Waals surface area contributed by atoms with Crippen molar-refractivity contribution in [1.82, 2.24) is 9.47 Å². The number of amides is 1. The number of hydrogen-bond donors (Lipinski definition) is 0. The number of carbonyl (C=O) groups is 1. The lowest BCUT2D eigenvalue weighted by molar-refractivity contribution is -0.670. The van der Waals surface area contributed by atoms with E-state index in [0.717, 1.165) is 0 Å². The van der Waals surface area contributed by atoms with Gasteiger partial charge in [0.2, 0.25) is 0 Å². The van der Waals surface area contributed by atoms with Gasteiger partial charge >= 0.3 is 6.03 Å². The molecule has 0 aliphatic carbocycles. The predicted molar refractivity (Wildman–Crippen MR) is 60.1 cm³/mol. The largest absolute Gasteiger partial charge is 0.415 e. The summed E-state index contributed by atoms with van der Waals surface area (Å²) in [4.78, 5) is 13.8. The van der Waals surface area contributed by atoms with Gasteiger partial charge in [-0.05, 0) is 13.8 Å². The molecule has 5 heteroatoms. The summed E-state index contributed by atoms with van der Waals surface area (Å²) in [5, 5.41) is 0. The van der Waals surface area contributed by atoms with Gasteiger partial charge < -0.3 is 9.64 Å². The Balaban J connectivity index is 2.55. The van der Waals surface area contributed by atoms with Gasteiger partial charge in [-0.25, -0.2) is 9.36 Å². The molecule has 0 radical (unpaired) electrons. The lowest BCUT2D eigenvalue weighted by Gasteiger charge is -2.17. The molecule has 90 valence electrons. The van der Waals surface area contributed by atoms with Gasteiger partial charge in [-0.3, -0.25) is 0 Å². The normalized spacial score (nSPS) is 10.4. The van der Waals surface area contributed by atoms with Crippen LogP contribution in [0, 0.1) is 0 Å². The highest BCUT2D eigenvalue weighted by Gasteiger charge is 2.18. The second-order valence-corrected chi connectivity index (χ2v) is 3.55. The fourth-order valence-electron chi connectivity index (χ4n) is 1.43. The minimum atomic E-state index is -0.0113. The molecule has 16 heavy (non-hydrogen) atoms. The number of imidazole rings is 1. The molecule has 0 saturated heterocycles. The third-order valence-corrected chi connectivity index (χ3v) is 2.35. The van der Waals surface area contributed by atoms with E-state index in [-0.39, 0.29) is 6.03 Å². The number of carbonyl (C=O) groups excluding carboxylic acids is 1. The van der Waals surface area contributed by atoms with Crippen LogP contribution in [0.15, 0.2) is 18.7 Å². The fourth-order valence-corrected chi connectivity index (χ4v) is 1.43. The van der Waals surface area contributed by atoms with Gasteiger partial charge in [0, 0.05) is 19.7 Å². The standard InChI is InChI=1S/C11H20N3O2/c1-4-13(8-9-16-5-2)11(15)14-7-6-12(3)10-14/h6-7,10H,4-5,8-9H2,1-3H3/q+1. The molecule has 0 bridgehead atoms. The minimum absolute atomic E-state index is 0.0113. The Labute approximate surface area is 96.2 Å². The second kappa shape index (κ2) is 6.27. The van der Waals surface area contributed by atoms with Crippen molar-refractivity contribution in [3.05, 3.63) is 18.7 Å². The van der Waals surface area contributed by atoms with Gasteiger partial charge in [0.15, 0.2) is 0 Å². The van der Waals surface area contributed by atoms with Gasteiger partial charge in [0.25, 0.3) is 6.33 Å². The van der Waals surface area contributed by atoms with Crippen molar-refractivity contribution in [2.45, 2.75) is 13.8 Å². The molecule has 5 nitrogen and oxygen atoms in total. The quantitative estimate of drug-likeness (QED) is 0.546. The smallest absolute Gasteiger partial charge is 0.380 e. The molecule has 1 aromatic rings. The van der Waals surface area contributed by atoms with E-state index in [9.17, 15) is 4.79 Å². The number of aromatic nitrogens is 2. The van der Waals surface area contributed by atoms with Crippen molar-refractivity contribution >= 4 is 6.03 Å². The number of ether oxygens (including phenoxy) is 1. The van der Waals surface area contributed by atoms with E-state index in [4.69, 9.17) is 4.74 Å². The van der Waals surface area contributed by atoms with E-state index in [1.807, 2.05) is 31.7 Å². The van der Waals surface area contributed by atoms with Crippen LogP contribution in [0.25, 0.3) is 0 Å². The molecule has 1 rings (SSSR count). The van der Waals surface area contributed by atoms with E-state index < -0.39 is 0 Å². The maximum absolute atomic E-state index is 12.0. The van der Waals surface area contributed by atoms with Crippen LogP contribution in [0.5, 0.6) is 0 Å². The number of aryl methyl sites for hydroxylation is 1. The first-order valence-corrected chi connectivity index (χ1v) is 5.59. The van der Waals surface area contributed by atoms with Crippen LogP contribution < -0.4 is 4.57 Å². The number of nitrogens with zero attached hydrogens (tertiary/aromatic N) is 3. The van der Waals surface area contributed by atoms with Crippen molar-refractivity contribution in [1.29, 1.82) is 0 Å². The van der Waals surface area contributed by atoms with Crippen molar-refractivity contribution in [3.63, 3.8) is 0 Å². The molecule has 0 saturated carbocycles. The van der Waals surface area contributed by atoms with Gasteiger partial charge in [-0.1, -0.05) is 0 Å². The number of rotatable bonds is 5. The van der Waals surface area contributed by atoms with Gasteiger partial charge in [-0.2, -0.15) is 4.57 Å². The molecular weight excluding hydrogens is 206 g/mol.